The van der Waals surface area contributed by atoms with Gasteiger partial charge in [0.05, 0.1) is 6.33 Å². The number of hydrogen-bond donors (Lipinski definition) is 0. The van der Waals surface area contributed by atoms with Gasteiger partial charge in [-0.3, -0.25) is 0 Å². The first-order valence-corrected chi connectivity index (χ1v) is 5.94. The molecule has 0 amide bonds. The van der Waals surface area contributed by atoms with E-state index in [2.05, 4.69) is 21.7 Å². The summed E-state index contributed by atoms with van der Waals surface area (Å²) in [6.07, 6.45) is 5.59. The number of hydrogen-bond acceptors (Lipinski definition) is 2. The summed E-state index contributed by atoms with van der Waals surface area (Å²) in [6, 6.07) is 10.3. The highest BCUT2D eigenvalue weighted by atomic mass is 16.5. The maximum atomic E-state index is 4.83. The van der Waals surface area contributed by atoms with Crippen LogP contribution in [0.3, 0.4) is 0 Å². The summed E-state index contributed by atoms with van der Waals surface area (Å²) in [7, 11) is 0. The molecule has 0 atom stereocenters. The molecule has 3 nitrogen and oxygen atoms in total. The van der Waals surface area contributed by atoms with Crippen LogP contribution >= 0.6 is 0 Å². The van der Waals surface area contributed by atoms with Gasteiger partial charge < -0.3 is 9.30 Å². The molecule has 0 radical (unpaired) electrons. The number of nitrogens with zero attached hydrogens (tertiary/aromatic N) is 2. The Labute approximate surface area is 103 Å². The third-order valence-corrected chi connectivity index (χ3v) is 2.18. The second-order valence-electron chi connectivity index (χ2n) is 3.50. The van der Waals surface area contributed by atoms with Crippen LogP contribution in [0.5, 0.6) is 0 Å². The summed E-state index contributed by atoms with van der Waals surface area (Å²) >= 11 is 0. The molecule has 0 aliphatic carbocycles. The van der Waals surface area contributed by atoms with Crippen LogP contribution in [0.2, 0.25) is 0 Å². The van der Waals surface area contributed by atoms with Crippen LogP contribution < -0.4 is 0 Å². The van der Waals surface area contributed by atoms with E-state index in [0.717, 1.165) is 19.8 Å². The van der Waals surface area contributed by atoms with Gasteiger partial charge in [0.15, 0.2) is 0 Å². The van der Waals surface area contributed by atoms with Crippen molar-refractivity contribution in [2.45, 2.75) is 20.4 Å². The van der Waals surface area contributed by atoms with E-state index in [1.807, 2.05) is 44.6 Å². The van der Waals surface area contributed by atoms with E-state index in [1.165, 1.54) is 5.56 Å². The zero-order chi connectivity index (χ0) is 12.3. The average Bonchev–Trinajstić information content (AvgIpc) is 2.85. The molecule has 0 unspecified atom stereocenters. The number of imidazole rings is 1. The van der Waals surface area contributed by atoms with Gasteiger partial charge in [-0.25, -0.2) is 4.98 Å². The van der Waals surface area contributed by atoms with Gasteiger partial charge in [0.1, 0.15) is 0 Å². The maximum Gasteiger partial charge on any atom is 0.0949 e. The largest absolute Gasteiger partial charge is 0.382 e. The monoisotopic (exact) mass is 232 g/mol. The summed E-state index contributed by atoms with van der Waals surface area (Å²) in [4.78, 5) is 3.98. The Kier molecular flexibility index (Phi) is 6.75. The summed E-state index contributed by atoms with van der Waals surface area (Å²) in [5.41, 5.74) is 1.30. The minimum atomic E-state index is 0.844. The average molecular weight is 232 g/mol. The van der Waals surface area contributed by atoms with Crippen LogP contribution in [0, 0.1) is 0 Å². The maximum absolute atomic E-state index is 4.83. The normalized spacial score (nSPS) is 9.53. The van der Waals surface area contributed by atoms with Gasteiger partial charge in [-0.05, 0) is 19.4 Å². The first-order valence-electron chi connectivity index (χ1n) is 5.94. The van der Waals surface area contributed by atoms with Crippen LogP contribution in [0.1, 0.15) is 19.4 Å². The summed E-state index contributed by atoms with van der Waals surface area (Å²) in [6.45, 7) is 6.57. The summed E-state index contributed by atoms with van der Waals surface area (Å²) in [5, 5.41) is 0. The van der Waals surface area contributed by atoms with Crippen LogP contribution in [0.15, 0.2) is 49.1 Å². The second kappa shape index (κ2) is 8.53. The quantitative estimate of drug-likeness (QED) is 0.810. The standard InChI is InChI=1S/C10H10N2.C4H10O/c1-2-4-10(5-3-1)8-12-7-6-11-9-12;1-3-5-4-2/h1-7,9H,8H2;3-4H2,1-2H3. The molecule has 3 heteroatoms. The van der Waals surface area contributed by atoms with Crippen molar-refractivity contribution in [3.8, 4) is 0 Å². The second-order valence-corrected chi connectivity index (χ2v) is 3.50. The molecule has 0 saturated heterocycles. The van der Waals surface area contributed by atoms with Gasteiger partial charge in [-0.2, -0.15) is 0 Å². The number of benzene rings is 1. The van der Waals surface area contributed by atoms with Crippen LogP contribution in [0.4, 0.5) is 0 Å². The molecule has 0 spiro atoms. The minimum absolute atomic E-state index is 0.844. The predicted octanol–water partition coefficient (Wildman–Crippen LogP) is 2.97. The van der Waals surface area contributed by atoms with Gasteiger partial charge in [-0.1, -0.05) is 30.3 Å². The van der Waals surface area contributed by atoms with Gasteiger partial charge in [0.25, 0.3) is 0 Å². The molecule has 0 aliphatic rings. The summed E-state index contributed by atoms with van der Waals surface area (Å²) in [5.74, 6) is 0. The fraction of sp³-hybridized carbons (Fsp3) is 0.357. The van der Waals surface area contributed by atoms with E-state index in [-0.39, 0.29) is 0 Å². The number of rotatable bonds is 4. The van der Waals surface area contributed by atoms with Crippen molar-refractivity contribution in [2.24, 2.45) is 0 Å². The molecular weight excluding hydrogens is 212 g/mol. The third kappa shape index (κ3) is 5.88. The van der Waals surface area contributed by atoms with E-state index < -0.39 is 0 Å². The zero-order valence-corrected chi connectivity index (χ0v) is 10.5. The molecule has 1 aromatic carbocycles. The first-order chi connectivity index (χ1) is 8.36. The van der Waals surface area contributed by atoms with Crippen molar-refractivity contribution in [3.05, 3.63) is 54.6 Å². The lowest BCUT2D eigenvalue weighted by molar-refractivity contribution is 0.162. The molecule has 0 fully saturated rings. The van der Waals surface area contributed by atoms with Crippen molar-refractivity contribution in [1.82, 2.24) is 9.55 Å². The van der Waals surface area contributed by atoms with Gasteiger partial charge in [-0.15, -0.1) is 0 Å². The number of aromatic nitrogens is 2. The fourth-order valence-corrected chi connectivity index (χ4v) is 1.38. The molecular formula is C14H20N2O. The molecule has 1 aromatic heterocycles. The van der Waals surface area contributed by atoms with E-state index in [9.17, 15) is 0 Å². The molecule has 0 bridgehead atoms. The van der Waals surface area contributed by atoms with Gasteiger partial charge in [0.2, 0.25) is 0 Å². The van der Waals surface area contributed by atoms with Gasteiger partial charge >= 0.3 is 0 Å². The lowest BCUT2D eigenvalue weighted by atomic mass is 10.2. The Morgan fingerprint density at radius 3 is 2.29 bits per heavy atom. The van der Waals surface area contributed by atoms with Crippen molar-refractivity contribution in [1.29, 1.82) is 0 Å². The highest BCUT2D eigenvalue weighted by molar-refractivity contribution is 5.14. The lowest BCUT2D eigenvalue weighted by Crippen LogP contribution is -1.95. The molecule has 0 N–H and O–H groups in total. The van der Waals surface area contributed by atoms with Crippen LogP contribution in [-0.2, 0) is 11.3 Å². The molecule has 1 heterocycles. The highest BCUT2D eigenvalue weighted by Gasteiger charge is 1.91. The van der Waals surface area contributed by atoms with Gasteiger partial charge in [0, 0.05) is 32.2 Å². The Morgan fingerprint density at radius 1 is 1.12 bits per heavy atom. The Hall–Kier alpha value is -1.61. The van der Waals surface area contributed by atoms with E-state index in [4.69, 9.17) is 4.74 Å². The van der Waals surface area contributed by atoms with Crippen molar-refractivity contribution in [3.63, 3.8) is 0 Å². The predicted molar refractivity (Wildman–Crippen MR) is 69.9 cm³/mol. The topological polar surface area (TPSA) is 27.1 Å². The Balaban J connectivity index is 0.000000249. The zero-order valence-electron chi connectivity index (χ0n) is 10.5. The Bertz CT molecular complexity index is 368. The van der Waals surface area contributed by atoms with Crippen LogP contribution in [-0.4, -0.2) is 22.8 Å². The molecule has 2 aromatic rings. The minimum Gasteiger partial charge on any atom is -0.382 e. The number of ether oxygens (including phenoxy) is 1. The molecule has 92 valence electrons. The highest BCUT2D eigenvalue weighted by Crippen LogP contribution is 2.00. The van der Waals surface area contributed by atoms with Crippen molar-refractivity contribution < 1.29 is 4.74 Å². The smallest absolute Gasteiger partial charge is 0.0949 e. The van der Waals surface area contributed by atoms with Crippen molar-refractivity contribution in [2.75, 3.05) is 13.2 Å². The first kappa shape index (κ1) is 13.5. The van der Waals surface area contributed by atoms with Crippen LogP contribution in [0.25, 0.3) is 0 Å². The third-order valence-electron chi connectivity index (χ3n) is 2.18. The van der Waals surface area contributed by atoms with E-state index in [0.29, 0.717) is 0 Å². The molecule has 0 aliphatic heterocycles. The van der Waals surface area contributed by atoms with Crippen molar-refractivity contribution >= 4 is 0 Å². The fourth-order valence-electron chi connectivity index (χ4n) is 1.38. The van der Waals surface area contributed by atoms with E-state index in [1.54, 1.807) is 6.20 Å². The summed E-state index contributed by atoms with van der Waals surface area (Å²) < 4.78 is 6.88. The lowest BCUT2D eigenvalue weighted by Gasteiger charge is -2.00. The Morgan fingerprint density at radius 2 is 1.82 bits per heavy atom. The SMILES string of the molecule is CCOCC.c1ccc(Cn2ccnc2)cc1. The molecule has 2 rings (SSSR count). The van der Waals surface area contributed by atoms with E-state index >= 15 is 0 Å². The molecule has 17 heavy (non-hydrogen) atoms. The molecule has 0 saturated carbocycles.